The Morgan fingerprint density at radius 3 is 2.19 bits per heavy atom. The van der Waals surface area contributed by atoms with Gasteiger partial charge in [0.1, 0.15) is 5.75 Å². The molecule has 2 aromatic rings. The highest BCUT2D eigenvalue weighted by molar-refractivity contribution is 5.25. The average molecular weight is 221 g/mol. The number of phenols is 1. The van der Waals surface area contributed by atoms with E-state index in [9.17, 15) is 9.59 Å². The van der Waals surface area contributed by atoms with E-state index in [-0.39, 0.29) is 5.75 Å². The number of phenolic OH excluding ortho intramolecular Hbond substituents is 1. The zero-order valence-corrected chi connectivity index (χ0v) is 8.43. The van der Waals surface area contributed by atoms with Gasteiger partial charge in [0, 0.05) is 6.54 Å². The van der Waals surface area contributed by atoms with Crippen molar-refractivity contribution < 1.29 is 5.11 Å². The van der Waals surface area contributed by atoms with Crippen LogP contribution in [0.3, 0.4) is 0 Å². The molecule has 3 N–H and O–H groups in total. The van der Waals surface area contributed by atoms with Gasteiger partial charge in [-0.1, -0.05) is 12.1 Å². The van der Waals surface area contributed by atoms with E-state index >= 15 is 0 Å². The molecule has 2 rings (SSSR count). The molecule has 0 bridgehead atoms. The second kappa shape index (κ2) is 4.09. The van der Waals surface area contributed by atoms with E-state index < -0.39 is 11.4 Å². The minimum atomic E-state index is -0.441. The van der Waals surface area contributed by atoms with Crippen LogP contribution < -0.4 is 11.4 Å². The van der Waals surface area contributed by atoms with Gasteiger partial charge in [-0.25, -0.2) is 24.4 Å². The number of aromatic hydroxyl groups is 1. The molecule has 6 nitrogen and oxygen atoms in total. The Hall–Kier alpha value is -2.24. The van der Waals surface area contributed by atoms with E-state index in [4.69, 9.17) is 5.11 Å². The quantitative estimate of drug-likeness (QED) is 0.671. The fraction of sp³-hybridized carbons (Fsp3) is 0.200. The molecule has 0 saturated carbocycles. The van der Waals surface area contributed by atoms with Crippen LogP contribution in [0.2, 0.25) is 0 Å². The van der Waals surface area contributed by atoms with Crippen molar-refractivity contribution in [3.05, 3.63) is 50.8 Å². The van der Waals surface area contributed by atoms with E-state index in [1.165, 1.54) is 0 Å². The van der Waals surface area contributed by atoms with Crippen LogP contribution in [0.1, 0.15) is 5.56 Å². The SMILES string of the molecule is O=c1[nH][nH]c(=O)n1CCc1ccc(O)cc1. The highest BCUT2D eigenvalue weighted by atomic mass is 16.3. The van der Waals surface area contributed by atoms with Crippen LogP contribution in [-0.4, -0.2) is 19.9 Å². The van der Waals surface area contributed by atoms with Crippen molar-refractivity contribution in [2.75, 3.05) is 0 Å². The maximum absolute atomic E-state index is 11.2. The first kappa shape index (κ1) is 10.3. The second-order valence-corrected chi connectivity index (χ2v) is 3.43. The Labute approximate surface area is 90.2 Å². The molecule has 0 unspecified atom stereocenters. The van der Waals surface area contributed by atoms with Crippen molar-refractivity contribution in [2.45, 2.75) is 13.0 Å². The Balaban J connectivity index is 2.11. The van der Waals surface area contributed by atoms with E-state index in [2.05, 4.69) is 10.2 Å². The summed E-state index contributed by atoms with van der Waals surface area (Å²) in [7, 11) is 0. The summed E-state index contributed by atoms with van der Waals surface area (Å²) >= 11 is 0. The zero-order valence-electron chi connectivity index (χ0n) is 8.43. The number of hydrogen-bond donors (Lipinski definition) is 3. The average Bonchev–Trinajstić information content (AvgIpc) is 2.59. The van der Waals surface area contributed by atoms with Crippen LogP contribution in [0.25, 0.3) is 0 Å². The van der Waals surface area contributed by atoms with Crippen LogP contribution >= 0.6 is 0 Å². The monoisotopic (exact) mass is 221 g/mol. The van der Waals surface area contributed by atoms with Gasteiger partial charge in [-0.3, -0.25) is 0 Å². The number of H-pyrrole nitrogens is 2. The first-order valence-corrected chi connectivity index (χ1v) is 4.82. The van der Waals surface area contributed by atoms with Gasteiger partial charge in [0.2, 0.25) is 0 Å². The van der Waals surface area contributed by atoms with Crippen molar-refractivity contribution in [1.29, 1.82) is 0 Å². The summed E-state index contributed by atoms with van der Waals surface area (Å²) in [6, 6.07) is 6.64. The molecule has 84 valence electrons. The molecule has 0 radical (unpaired) electrons. The van der Waals surface area contributed by atoms with Crippen LogP contribution in [0.5, 0.6) is 5.75 Å². The Bertz CT molecular complexity index is 549. The fourth-order valence-corrected chi connectivity index (χ4v) is 1.44. The summed E-state index contributed by atoms with van der Waals surface area (Å²) in [5, 5.41) is 13.5. The molecule has 0 atom stereocenters. The van der Waals surface area contributed by atoms with E-state index in [0.29, 0.717) is 13.0 Å². The largest absolute Gasteiger partial charge is 0.508 e. The van der Waals surface area contributed by atoms with Gasteiger partial charge >= 0.3 is 11.4 Å². The number of aromatic amines is 2. The Morgan fingerprint density at radius 1 is 1.06 bits per heavy atom. The number of nitrogens with one attached hydrogen (secondary N) is 2. The minimum absolute atomic E-state index is 0.195. The zero-order chi connectivity index (χ0) is 11.5. The number of aryl methyl sites for hydroxylation is 1. The third kappa shape index (κ3) is 2.05. The molecule has 0 saturated heterocycles. The van der Waals surface area contributed by atoms with Crippen molar-refractivity contribution in [2.24, 2.45) is 0 Å². The lowest BCUT2D eigenvalue weighted by Gasteiger charge is -2.00. The maximum Gasteiger partial charge on any atom is 0.344 e. The minimum Gasteiger partial charge on any atom is -0.508 e. The molecule has 0 aliphatic carbocycles. The van der Waals surface area contributed by atoms with Crippen LogP contribution in [0.4, 0.5) is 0 Å². The second-order valence-electron chi connectivity index (χ2n) is 3.43. The summed E-state index contributed by atoms with van der Waals surface area (Å²) in [5.74, 6) is 0.195. The van der Waals surface area contributed by atoms with E-state index in [1.54, 1.807) is 24.3 Å². The molecule has 0 amide bonds. The third-order valence-electron chi connectivity index (χ3n) is 2.33. The smallest absolute Gasteiger partial charge is 0.344 e. The van der Waals surface area contributed by atoms with Gasteiger partial charge in [0.25, 0.3) is 0 Å². The number of benzene rings is 1. The topological polar surface area (TPSA) is 90.9 Å². The molecule has 1 aromatic heterocycles. The van der Waals surface area contributed by atoms with Gasteiger partial charge in [-0.05, 0) is 24.1 Å². The summed E-state index contributed by atoms with van der Waals surface area (Å²) in [4.78, 5) is 22.3. The Morgan fingerprint density at radius 2 is 1.62 bits per heavy atom. The van der Waals surface area contributed by atoms with Crippen LogP contribution in [0.15, 0.2) is 33.9 Å². The van der Waals surface area contributed by atoms with Gasteiger partial charge < -0.3 is 5.11 Å². The molecule has 0 spiro atoms. The number of hydrogen-bond acceptors (Lipinski definition) is 3. The highest BCUT2D eigenvalue weighted by Gasteiger charge is 2.02. The maximum atomic E-state index is 11.2. The van der Waals surface area contributed by atoms with Crippen LogP contribution in [0, 0.1) is 0 Å². The van der Waals surface area contributed by atoms with Crippen LogP contribution in [-0.2, 0) is 13.0 Å². The van der Waals surface area contributed by atoms with Gasteiger partial charge in [-0.15, -0.1) is 0 Å². The lowest BCUT2D eigenvalue weighted by molar-refractivity contribution is 0.475. The predicted octanol–water partition coefficient (Wildman–Crippen LogP) is -0.187. The predicted molar refractivity (Wildman–Crippen MR) is 57.5 cm³/mol. The summed E-state index contributed by atoms with van der Waals surface area (Å²) in [6.45, 7) is 0.308. The molecule has 0 fully saturated rings. The van der Waals surface area contributed by atoms with Gasteiger partial charge in [-0.2, -0.15) is 0 Å². The number of nitrogens with zero attached hydrogens (tertiary/aromatic N) is 1. The Kier molecular flexibility index (Phi) is 2.63. The third-order valence-corrected chi connectivity index (χ3v) is 2.33. The lowest BCUT2D eigenvalue weighted by Crippen LogP contribution is -2.27. The summed E-state index contributed by atoms with van der Waals surface area (Å²) in [6.07, 6.45) is 0.557. The number of aromatic nitrogens is 3. The first-order valence-electron chi connectivity index (χ1n) is 4.82. The van der Waals surface area contributed by atoms with Crippen molar-refractivity contribution >= 4 is 0 Å². The molecule has 6 heteroatoms. The van der Waals surface area contributed by atoms with Crippen molar-refractivity contribution in [3.63, 3.8) is 0 Å². The molecule has 0 aliphatic heterocycles. The van der Waals surface area contributed by atoms with Crippen molar-refractivity contribution in [1.82, 2.24) is 14.8 Å². The standard InChI is InChI=1S/C10H11N3O3/c14-8-3-1-7(2-4-8)5-6-13-9(15)11-12-10(13)16/h1-4,14H,5-6H2,(H,11,15)(H,12,16). The highest BCUT2D eigenvalue weighted by Crippen LogP contribution is 2.09. The number of rotatable bonds is 3. The molecule has 16 heavy (non-hydrogen) atoms. The molecule has 1 aromatic carbocycles. The van der Waals surface area contributed by atoms with Gasteiger partial charge in [0.15, 0.2) is 0 Å². The summed E-state index contributed by atoms with van der Waals surface area (Å²) < 4.78 is 1.09. The normalized spacial score (nSPS) is 10.5. The molecule has 0 aliphatic rings. The molecule has 1 heterocycles. The van der Waals surface area contributed by atoms with Gasteiger partial charge in [0.05, 0.1) is 0 Å². The molecular formula is C10H11N3O3. The molecular weight excluding hydrogens is 210 g/mol. The van der Waals surface area contributed by atoms with Crippen molar-refractivity contribution in [3.8, 4) is 5.75 Å². The fourth-order valence-electron chi connectivity index (χ4n) is 1.44. The first-order chi connectivity index (χ1) is 7.66. The lowest BCUT2D eigenvalue weighted by atomic mass is 10.1. The summed E-state index contributed by atoms with van der Waals surface area (Å²) in [5.41, 5.74) is 0.0675. The van der Waals surface area contributed by atoms with E-state index in [0.717, 1.165) is 10.1 Å². The van der Waals surface area contributed by atoms with E-state index in [1.807, 2.05) is 0 Å².